The first-order chi connectivity index (χ1) is 24.4. The van der Waals surface area contributed by atoms with Crippen molar-refractivity contribution in [1.82, 2.24) is 19.9 Å². The molecule has 50 heavy (non-hydrogen) atoms. The Kier molecular flexibility index (Phi) is 7.50. The van der Waals surface area contributed by atoms with E-state index < -0.39 is 9.85 Å². The molecule has 10 nitrogen and oxygen atoms in total. The van der Waals surface area contributed by atoms with Crippen LogP contribution in [0.3, 0.4) is 0 Å². The fourth-order valence-electron chi connectivity index (χ4n) is 6.10. The van der Waals surface area contributed by atoms with Gasteiger partial charge in [-0.25, -0.2) is 19.9 Å². The molecule has 8 rings (SSSR count). The number of nitro groups is 2. The van der Waals surface area contributed by atoms with E-state index in [1.165, 1.54) is 12.1 Å². The zero-order valence-electron chi connectivity index (χ0n) is 26.2. The Morgan fingerprint density at radius 2 is 0.720 bits per heavy atom. The van der Waals surface area contributed by atoms with Gasteiger partial charge in [0.1, 0.15) is 11.4 Å². The first kappa shape index (κ1) is 30.2. The molecule has 0 aliphatic carbocycles. The second kappa shape index (κ2) is 12.4. The highest BCUT2D eigenvalue weighted by atomic mass is 16.6. The molecule has 6 aromatic carbocycles. The minimum absolute atomic E-state index is 0.0630. The molecule has 0 aliphatic heterocycles. The van der Waals surface area contributed by atoms with Crippen LogP contribution in [0.5, 0.6) is 0 Å². The zero-order valence-corrected chi connectivity index (χ0v) is 26.2. The Hall–Kier alpha value is -7.20. The topological polar surface area (TPSA) is 138 Å². The van der Waals surface area contributed by atoms with E-state index in [2.05, 4.69) is 0 Å². The van der Waals surface area contributed by atoms with Gasteiger partial charge in [0, 0.05) is 23.3 Å². The van der Waals surface area contributed by atoms with Gasteiger partial charge in [0.2, 0.25) is 0 Å². The van der Waals surface area contributed by atoms with Gasteiger partial charge in [0.15, 0.2) is 0 Å². The third-order valence-electron chi connectivity index (χ3n) is 8.47. The van der Waals surface area contributed by atoms with Crippen LogP contribution >= 0.6 is 0 Å². The lowest BCUT2D eigenvalue weighted by molar-refractivity contribution is -0.384. The lowest BCUT2D eigenvalue weighted by Crippen LogP contribution is -1.99. The third-order valence-corrected chi connectivity index (χ3v) is 8.47. The Morgan fingerprint density at radius 1 is 0.360 bits per heavy atom. The van der Waals surface area contributed by atoms with Crippen molar-refractivity contribution in [1.29, 1.82) is 0 Å². The molecule has 0 radical (unpaired) electrons. The first-order valence-electron chi connectivity index (χ1n) is 15.7. The molecule has 0 unspecified atom stereocenters. The normalized spacial score (nSPS) is 11.1. The summed E-state index contributed by atoms with van der Waals surface area (Å²) in [6.45, 7) is 0. The van der Waals surface area contributed by atoms with Crippen molar-refractivity contribution < 1.29 is 9.85 Å². The van der Waals surface area contributed by atoms with Gasteiger partial charge >= 0.3 is 0 Å². The second-order valence-electron chi connectivity index (χ2n) is 11.5. The number of benzene rings is 6. The largest absolute Gasteiger partial charge is 0.278 e. The maximum Gasteiger partial charge on any atom is 0.278 e. The van der Waals surface area contributed by atoms with Gasteiger partial charge in [-0.1, -0.05) is 97.1 Å². The Balaban J connectivity index is 1.30. The molecule has 0 aliphatic rings. The summed E-state index contributed by atoms with van der Waals surface area (Å²) in [6, 6.07) is 43.4. The Morgan fingerprint density at radius 3 is 1.12 bits per heavy atom. The highest BCUT2D eigenvalue weighted by molar-refractivity contribution is 5.93. The number of hydrogen-bond donors (Lipinski definition) is 0. The smallest absolute Gasteiger partial charge is 0.258 e. The summed E-state index contributed by atoms with van der Waals surface area (Å²) in [5.41, 5.74) is 8.07. The van der Waals surface area contributed by atoms with E-state index in [0.717, 1.165) is 22.3 Å². The summed E-state index contributed by atoms with van der Waals surface area (Å²) >= 11 is 0. The quantitative estimate of drug-likeness (QED) is 0.122. The fourth-order valence-corrected chi connectivity index (χ4v) is 6.10. The van der Waals surface area contributed by atoms with Gasteiger partial charge in [-0.3, -0.25) is 20.2 Å². The van der Waals surface area contributed by atoms with Crippen molar-refractivity contribution >= 4 is 33.4 Å². The van der Waals surface area contributed by atoms with Crippen LogP contribution in [-0.4, -0.2) is 29.8 Å². The number of nitrogens with zero attached hydrogens (tertiary/aromatic N) is 6. The molecule has 0 fully saturated rings. The van der Waals surface area contributed by atoms with E-state index in [9.17, 15) is 20.2 Å². The van der Waals surface area contributed by atoms with Crippen LogP contribution < -0.4 is 0 Å². The molecule has 0 amide bonds. The average Bonchev–Trinajstić information content (AvgIpc) is 3.17. The number of nitro benzene ring substituents is 2. The standard InChI is InChI=1S/C40H24N6O4/c47-45(48)35-17-9-7-15-29(35)39-37(25-11-3-1-4-12-25)41-31-21-19-27(23-33(31)43-39)28-20-22-32-34(24-28)44-40(30-16-8-10-18-36(30)46(49)50)38(42-32)26-13-5-2-6-14-26/h1-24H. The van der Waals surface area contributed by atoms with Crippen molar-refractivity contribution in [2.24, 2.45) is 0 Å². The van der Waals surface area contributed by atoms with E-state index in [4.69, 9.17) is 19.9 Å². The van der Waals surface area contributed by atoms with Crippen molar-refractivity contribution in [3.8, 4) is 56.2 Å². The van der Waals surface area contributed by atoms with Gasteiger partial charge in [-0.05, 0) is 47.5 Å². The van der Waals surface area contributed by atoms with Crippen LogP contribution in [0.15, 0.2) is 146 Å². The van der Waals surface area contributed by atoms with Crippen LogP contribution in [0.4, 0.5) is 11.4 Å². The molecule has 238 valence electrons. The highest BCUT2D eigenvalue weighted by Gasteiger charge is 2.23. The van der Waals surface area contributed by atoms with E-state index >= 15 is 0 Å². The van der Waals surface area contributed by atoms with Gasteiger partial charge in [-0.2, -0.15) is 0 Å². The lowest BCUT2D eigenvalue weighted by atomic mass is 10.00. The van der Waals surface area contributed by atoms with Crippen molar-refractivity contribution in [2.45, 2.75) is 0 Å². The van der Waals surface area contributed by atoms with Gasteiger partial charge in [0.25, 0.3) is 11.4 Å². The SMILES string of the molecule is O=[N+]([O-])c1ccccc1-c1nc2cc(-c3ccc4nc(-c5ccccc5)c(-c5ccccc5[N+](=O)[O-])nc4c3)ccc2nc1-c1ccccc1. The summed E-state index contributed by atoms with van der Waals surface area (Å²) in [4.78, 5) is 43.1. The summed E-state index contributed by atoms with van der Waals surface area (Å²) in [7, 11) is 0. The number of hydrogen-bond acceptors (Lipinski definition) is 8. The molecule has 0 atom stereocenters. The number of para-hydroxylation sites is 2. The van der Waals surface area contributed by atoms with E-state index in [-0.39, 0.29) is 11.4 Å². The highest BCUT2D eigenvalue weighted by Crippen LogP contribution is 2.39. The summed E-state index contributed by atoms with van der Waals surface area (Å²) < 4.78 is 0. The monoisotopic (exact) mass is 652 g/mol. The molecular weight excluding hydrogens is 628 g/mol. The van der Waals surface area contributed by atoms with Crippen LogP contribution in [0.25, 0.3) is 78.2 Å². The molecule has 0 bridgehead atoms. The van der Waals surface area contributed by atoms with E-state index in [1.54, 1.807) is 36.4 Å². The van der Waals surface area contributed by atoms with Crippen LogP contribution in [-0.2, 0) is 0 Å². The predicted molar refractivity (Wildman–Crippen MR) is 193 cm³/mol. The maximum atomic E-state index is 12.0. The number of aromatic nitrogens is 4. The fraction of sp³-hybridized carbons (Fsp3) is 0. The predicted octanol–water partition coefficient (Wildman–Crippen LogP) is 9.72. The Bertz CT molecular complexity index is 2430. The van der Waals surface area contributed by atoms with Gasteiger partial charge < -0.3 is 0 Å². The summed E-state index contributed by atoms with van der Waals surface area (Å²) in [5, 5.41) is 24.1. The maximum absolute atomic E-state index is 12.0. The molecule has 10 heteroatoms. The van der Waals surface area contributed by atoms with Crippen molar-refractivity contribution in [3.63, 3.8) is 0 Å². The second-order valence-corrected chi connectivity index (χ2v) is 11.5. The number of fused-ring (bicyclic) bond motifs is 2. The molecule has 0 spiro atoms. The molecule has 8 aromatic rings. The molecule has 2 aromatic heterocycles. The Labute approximate surface area is 284 Å². The van der Waals surface area contributed by atoms with Crippen molar-refractivity contribution in [2.75, 3.05) is 0 Å². The van der Waals surface area contributed by atoms with Crippen LogP contribution in [0, 0.1) is 20.2 Å². The summed E-state index contributed by atoms with van der Waals surface area (Å²) in [6.07, 6.45) is 0. The van der Waals surface area contributed by atoms with Crippen LogP contribution in [0.2, 0.25) is 0 Å². The van der Waals surface area contributed by atoms with Crippen molar-refractivity contribution in [3.05, 3.63) is 166 Å². The van der Waals surface area contributed by atoms with Crippen LogP contribution in [0.1, 0.15) is 0 Å². The zero-order chi connectivity index (χ0) is 34.2. The lowest BCUT2D eigenvalue weighted by Gasteiger charge is -2.13. The van der Waals surface area contributed by atoms with Gasteiger partial charge in [-0.15, -0.1) is 0 Å². The van der Waals surface area contributed by atoms with E-state index in [0.29, 0.717) is 56.0 Å². The van der Waals surface area contributed by atoms with Gasteiger partial charge in [0.05, 0.1) is 54.4 Å². The minimum Gasteiger partial charge on any atom is -0.258 e. The first-order valence-corrected chi connectivity index (χ1v) is 15.7. The average molecular weight is 653 g/mol. The third kappa shape index (κ3) is 5.46. The van der Waals surface area contributed by atoms with E-state index in [1.807, 2.05) is 97.1 Å². The molecule has 0 saturated heterocycles. The number of rotatable bonds is 7. The molecule has 0 saturated carbocycles. The molecular formula is C40H24N6O4. The molecule has 2 heterocycles. The summed E-state index contributed by atoms with van der Waals surface area (Å²) in [5.74, 6) is 0. The molecule has 0 N–H and O–H groups in total. The minimum atomic E-state index is -0.413.